The monoisotopic (exact) mass is 336 g/mol. The summed E-state index contributed by atoms with van der Waals surface area (Å²) in [7, 11) is 1.50. The van der Waals surface area contributed by atoms with Gasteiger partial charge in [0.1, 0.15) is 11.6 Å². The average molecular weight is 336 g/mol. The summed E-state index contributed by atoms with van der Waals surface area (Å²) in [6.45, 7) is 4.37. The van der Waals surface area contributed by atoms with Crippen LogP contribution in [0.1, 0.15) is 31.7 Å². The van der Waals surface area contributed by atoms with Crippen LogP contribution in [-0.2, 0) is 16.0 Å². The van der Waals surface area contributed by atoms with E-state index in [0.717, 1.165) is 12.8 Å². The maximum absolute atomic E-state index is 13.4. The first-order chi connectivity index (χ1) is 11.5. The molecule has 132 valence electrons. The molecule has 24 heavy (non-hydrogen) atoms. The fourth-order valence-electron chi connectivity index (χ4n) is 2.95. The molecular formula is C18H25FN2O3. The largest absolute Gasteiger partial charge is 0.496 e. The summed E-state index contributed by atoms with van der Waals surface area (Å²) < 4.78 is 18.6. The zero-order valence-electron chi connectivity index (χ0n) is 14.4. The number of rotatable bonds is 5. The summed E-state index contributed by atoms with van der Waals surface area (Å²) in [5, 5.41) is 0. The van der Waals surface area contributed by atoms with Crippen LogP contribution >= 0.6 is 0 Å². The molecule has 0 atom stereocenters. The van der Waals surface area contributed by atoms with Gasteiger partial charge in [0.05, 0.1) is 13.5 Å². The van der Waals surface area contributed by atoms with E-state index in [9.17, 15) is 14.0 Å². The molecule has 5 nitrogen and oxygen atoms in total. The molecule has 1 aromatic rings. The van der Waals surface area contributed by atoms with E-state index in [1.165, 1.54) is 25.3 Å². The van der Waals surface area contributed by atoms with Gasteiger partial charge in [-0.25, -0.2) is 4.39 Å². The van der Waals surface area contributed by atoms with Crippen molar-refractivity contribution in [2.45, 2.75) is 32.6 Å². The fraction of sp³-hybridized carbons (Fsp3) is 0.556. The lowest BCUT2D eigenvalue weighted by atomic mass is 10.1. The molecule has 0 radical (unpaired) electrons. The van der Waals surface area contributed by atoms with Crippen LogP contribution in [0, 0.1) is 5.82 Å². The lowest BCUT2D eigenvalue weighted by molar-refractivity contribution is -0.133. The highest BCUT2D eigenvalue weighted by Gasteiger charge is 2.22. The van der Waals surface area contributed by atoms with Gasteiger partial charge in [-0.15, -0.1) is 0 Å². The van der Waals surface area contributed by atoms with Crippen molar-refractivity contribution in [3.63, 3.8) is 0 Å². The SMILES string of the molecule is CCCC(=O)N1CCCN(C(=O)Cc2cc(F)ccc2OC)CC1. The van der Waals surface area contributed by atoms with Gasteiger partial charge < -0.3 is 14.5 Å². The van der Waals surface area contributed by atoms with Crippen LogP contribution in [-0.4, -0.2) is 54.9 Å². The molecule has 1 aromatic carbocycles. The van der Waals surface area contributed by atoms with Gasteiger partial charge >= 0.3 is 0 Å². The number of halogens is 1. The quantitative estimate of drug-likeness (QED) is 0.828. The Morgan fingerprint density at radius 2 is 1.79 bits per heavy atom. The lowest BCUT2D eigenvalue weighted by Crippen LogP contribution is -2.37. The van der Waals surface area contributed by atoms with Crippen molar-refractivity contribution in [1.82, 2.24) is 9.80 Å². The smallest absolute Gasteiger partial charge is 0.227 e. The third kappa shape index (κ3) is 4.69. The van der Waals surface area contributed by atoms with Crippen molar-refractivity contribution in [2.24, 2.45) is 0 Å². The van der Waals surface area contributed by atoms with Crippen LogP contribution in [0.5, 0.6) is 5.75 Å². The number of carbonyl (C=O) groups excluding carboxylic acids is 2. The first kappa shape index (κ1) is 18.2. The molecule has 6 heteroatoms. The normalized spacial score (nSPS) is 15.1. The number of ether oxygens (including phenoxy) is 1. The third-order valence-corrected chi connectivity index (χ3v) is 4.25. The van der Waals surface area contributed by atoms with Crippen LogP contribution in [0.15, 0.2) is 18.2 Å². The molecule has 0 saturated carbocycles. The molecule has 0 aromatic heterocycles. The number of nitrogens with zero attached hydrogens (tertiary/aromatic N) is 2. The number of carbonyl (C=O) groups is 2. The minimum Gasteiger partial charge on any atom is -0.496 e. The molecule has 0 unspecified atom stereocenters. The fourth-order valence-corrected chi connectivity index (χ4v) is 2.95. The van der Waals surface area contributed by atoms with Crippen molar-refractivity contribution in [3.05, 3.63) is 29.6 Å². The summed E-state index contributed by atoms with van der Waals surface area (Å²) in [4.78, 5) is 28.1. The number of amides is 2. The number of methoxy groups -OCH3 is 1. The lowest BCUT2D eigenvalue weighted by Gasteiger charge is -2.22. The van der Waals surface area contributed by atoms with Crippen molar-refractivity contribution in [2.75, 3.05) is 33.3 Å². The topological polar surface area (TPSA) is 49.9 Å². The molecule has 1 fully saturated rings. The highest BCUT2D eigenvalue weighted by Crippen LogP contribution is 2.21. The Balaban J connectivity index is 1.98. The Hall–Kier alpha value is -2.11. The summed E-state index contributed by atoms with van der Waals surface area (Å²) >= 11 is 0. The molecule has 1 aliphatic rings. The van der Waals surface area contributed by atoms with Gasteiger partial charge in [-0.05, 0) is 31.0 Å². The number of hydrogen-bond donors (Lipinski definition) is 0. The molecule has 1 saturated heterocycles. The molecule has 0 aliphatic carbocycles. The van der Waals surface area contributed by atoms with E-state index in [1.54, 1.807) is 4.90 Å². The Kier molecular flexibility index (Phi) is 6.58. The molecular weight excluding hydrogens is 311 g/mol. The van der Waals surface area contributed by atoms with Crippen LogP contribution in [0.25, 0.3) is 0 Å². The Morgan fingerprint density at radius 3 is 2.42 bits per heavy atom. The van der Waals surface area contributed by atoms with Gasteiger partial charge in [0, 0.05) is 38.2 Å². The first-order valence-corrected chi connectivity index (χ1v) is 8.43. The first-order valence-electron chi connectivity index (χ1n) is 8.43. The molecule has 0 spiro atoms. The Labute approximate surface area is 142 Å². The molecule has 2 rings (SSSR count). The number of benzene rings is 1. The zero-order valence-corrected chi connectivity index (χ0v) is 14.4. The van der Waals surface area contributed by atoms with E-state index < -0.39 is 0 Å². The van der Waals surface area contributed by atoms with Crippen molar-refractivity contribution in [3.8, 4) is 5.75 Å². The van der Waals surface area contributed by atoms with Crippen molar-refractivity contribution < 1.29 is 18.7 Å². The van der Waals surface area contributed by atoms with Gasteiger partial charge in [-0.3, -0.25) is 9.59 Å². The predicted molar refractivity (Wildman–Crippen MR) is 89.3 cm³/mol. The number of hydrogen-bond acceptors (Lipinski definition) is 3. The summed E-state index contributed by atoms with van der Waals surface area (Å²) in [6, 6.07) is 4.19. The third-order valence-electron chi connectivity index (χ3n) is 4.25. The highest BCUT2D eigenvalue weighted by molar-refractivity contribution is 5.80. The van der Waals surface area contributed by atoms with Gasteiger partial charge in [-0.2, -0.15) is 0 Å². The molecule has 2 amide bonds. The van der Waals surface area contributed by atoms with Crippen molar-refractivity contribution >= 4 is 11.8 Å². The van der Waals surface area contributed by atoms with E-state index in [0.29, 0.717) is 43.9 Å². The summed E-state index contributed by atoms with van der Waals surface area (Å²) in [5.41, 5.74) is 0.547. The van der Waals surface area contributed by atoms with E-state index in [2.05, 4.69) is 0 Å². The molecule has 0 N–H and O–H groups in total. The van der Waals surface area contributed by atoms with Crippen LogP contribution in [0.2, 0.25) is 0 Å². The summed E-state index contributed by atoms with van der Waals surface area (Å²) in [5.74, 6) is 0.215. The second-order valence-electron chi connectivity index (χ2n) is 6.00. The van der Waals surface area contributed by atoms with Crippen molar-refractivity contribution in [1.29, 1.82) is 0 Å². The predicted octanol–water partition coefficient (Wildman–Crippen LogP) is 2.24. The minimum absolute atomic E-state index is 0.0660. The Bertz CT molecular complexity index is 592. The highest BCUT2D eigenvalue weighted by atomic mass is 19.1. The van der Waals surface area contributed by atoms with E-state index >= 15 is 0 Å². The van der Waals surface area contributed by atoms with E-state index in [4.69, 9.17) is 4.74 Å². The van der Waals surface area contributed by atoms with Gasteiger partial charge in [0.25, 0.3) is 0 Å². The maximum atomic E-state index is 13.4. The van der Waals surface area contributed by atoms with E-state index in [-0.39, 0.29) is 24.1 Å². The standard InChI is InChI=1S/C18H25FN2O3/c1-3-5-17(22)20-8-4-9-21(11-10-20)18(23)13-14-12-15(19)6-7-16(14)24-2/h6-7,12H,3-5,8-11,13H2,1-2H3. The minimum atomic E-state index is -0.384. The van der Waals surface area contributed by atoms with Crippen LogP contribution in [0.3, 0.4) is 0 Å². The van der Waals surface area contributed by atoms with Gasteiger partial charge in [0.15, 0.2) is 0 Å². The van der Waals surface area contributed by atoms with Gasteiger partial charge in [0.2, 0.25) is 11.8 Å². The zero-order chi connectivity index (χ0) is 17.5. The summed E-state index contributed by atoms with van der Waals surface area (Å²) in [6.07, 6.45) is 2.25. The van der Waals surface area contributed by atoms with Gasteiger partial charge in [-0.1, -0.05) is 6.92 Å². The van der Waals surface area contributed by atoms with Crippen LogP contribution < -0.4 is 4.74 Å². The average Bonchev–Trinajstić information content (AvgIpc) is 2.81. The maximum Gasteiger partial charge on any atom is 0.227 e. The second kappa shape index (κ2) is 8.66. The van der Waals surface area contributed by atoms with E-state index in [1.807, 2.05) is 11.8 Å². The molecule has 1 heterocycles. The Morgan fingerprint density at radius 1 is 1.12 bits per heavy atom. The van der Waals surface area contributed by atoms with Crippen LogP contribution in [0.4, 0.5) is 4.39 Å². The molecule has 1 aliphatic heterocycles. The second-order valence-corrected chi connectivity index (χ2v) is 6.00. The molecule has 0 bridgehead atoms.